The van der Waals surface area contributed by atoms with E-state index >= 15 is 0 Å². The van der Waals surface area contributed by atoms with Gasteiger partial charge >= 0.3 is 0 Å². The smallest absolute Gasteiger partial charge is 0.248 e. The molecule has 0 aliphatic heterocycles. The standard InChI is InChI=1S/C21H27ClN2O3S/c1-4-6-7-16-8-12-18(13-9-16)23-21(25)20(5-2)24(28(3,26)27)19-14-10-17(22)11-15-19/h8-15,20H,4-7H2,1-3H3,(H,23,25). The van der Waals surface area contributed by atoms with Gasteiger partial charge in [0.2, 0.25) is 15.9 Å². The van der Waals surface area contributed by atoms with Crippen molar-refractivity contribution in [1.29, 1.82) is 0 Å². The van der Waals surface area contributed by atoms with Crippen molar-refractivity contribution in [1.82, 2.24) is 0 Å². The first-order valence-corrected chi connectivity index (χ1v) is 11.6. The molecule has 7 heteroatoms. The van der Waals surface area contributed by atoms with Crippen molar-refractivity contribution in [2.24, 2.45) is 0 Å². The van der Waals surface area contributed by atoms with E-state index < -0.39 is 16.1 Å². The zero-order chi connectivity index (χ0) is 20.7. The molecule has 2 aromatic rings. The molecule has 0 saturated heterocycles. The van der Waals surface area contributed by atoms with Crippen molar-refractivity contribution < 1.29 is 13.2 Å². The summed E-state index contributed by atoms with van der Waals surface area (Å²) in [5, 5.41) is 3.34. The van der Waals surface area contributed by atoms with Gasteiger partial charge in [0.25, 0.3) is 0 Å². The Morgan fingerprint density at radius 1 is 1.07 bits per heavy atom. The molecule has 5 nitrogen and oxygen atoms in total. The van der Waals surface area contributed by atoms with Crippen LogP contribution in [0.25, 0.3) is 0 Å². The molecule has 1 atom stereocenters. The minimum atomic E-state index is -3.67. The molecule has 0 heterocycles. The Hall–Kier alpha value is -2.05. The van der Waals surface area contributed by atoms with Gasteiger partial charge < -0.3 is 5.32 Å². The van der Waals surface area contributed by atoms with Gasteiger partial charge in [-0.15, -0.1) is 0 Å². The van der Waals surface area contributed by atoms with Gasteiger partial charge in [-0.3, -0.25) is 9.10 Å². The van der Waals surface area contributed by atoms with Crippen molar-refractivity contribution in [2.45, 2.75) is 45.6 Å². The van der Waals surface area contributed by atoms with Crippen LogP contribution in [-0.2, 0) is 21.2 Å². The predicted octanol–water partition coefficient (Wildman–Crippen LogP) is 4.87. The lowest BCUT2D eigenvalue weighted by Gasteiger charge is -2.30. The lowest BCUT2D eigenvalue weighted by molar-refractivity contribution is -0.117. The number of nitrogens with zero attached hydrogens (tertiary/aromatic N) is 1. The summed E-state index contributed by atoms with van der Waals surface area (Å²) in [4.78, 5) is 12.9. The molecule has 1 N–H and O–H groups in total. The Bertz CT molecular complexity index is 881. The fraction of sp³-hybridized carbons (Fsp3) is 0.381. The first-order valence-electron chi connectivity index (χ1n) is 9.41. The number of halogens is 1. The van der Waals surface area contributed by atoms with Crippen LogP contribution in [0.15, 0.2) is 48.5 Å². The summed E-state index contributed by atoms with van der Waals surface area (Å²) in [6.45, 7) is 3.93. The molecule has 0 bridgehead atoms. The van der Waals surface area contributed by atoms with Gasteiger partial charge in [0, 0.05) is 10.7 Å². The highest BCUT2D eigenvalue weighted by molar-refractivity contribution is 7.92. The van der Waals surface area contributed by atoms with Crippen LogP contribution in [-0.4, -0.2) is 26.6 Å². The third kappa shape index (κ3) is 5.97. The molecule has 0 aliphatic carbocycles. The number of hydrogen-bond donors (Lipinski definition) is 1. The molecule has 0 saturated carbocycles. The Morgan fingerprint density at radius 3 is 2.18 bits per heavy atom. The second-order valence-corrected chi connectivity index (χ2v) is 9.04. The maximum Gasteiger partial charge on any atom is 0.248 e. The number of unbranched alkanes of at least 4 members (excludes halogenated alkanes) is 1. The number of carbonyl (C=O) groups is 1. The van der Waals surface area contributed by atoms with E-state index in [0.29, 0.717) is 22.8 Å². The van der Waals surface area contributed by atoms with Crippen LogP contribution in [0.2, 0.25) is 5.02 Å². The second kappa shape index (κ2) is 9.94. The van der Waals surface area contributed by atoms with Crippen LogP contribution < -0.4 is 9.62 Å². The van der Waals surface area contributed by atoms with Crippen molar-refractivity contribution in [3.63, 3.8) is 0 Å². The maximum absolute atomic E-state index is 12.9. The van der Waals surface area contributed by atoms with E-state index in [0.717, 1.165) is 29.8 Å². The first kappa shape index (κ1) is 22.2. The van der Waals surface area contributed by atoms with E-state index in [1.54, 1.807) is 31.2 Å². The summed E-state index contributed by atoms with van der Waals surface area (Å²) in [5.41, 5.74) is 2.27. The molecule has 0 aliphatic rings. The van der Waals surface area contributed by atoms with Crippen LogP contribution in [0, 0.1) is 0 Å². The van der Waals surface area contributed by atoms with Crippen molar-refractivity contribution >= 4 is 38.9 Å². The average Bonchev–Trinajstić information content (AvgIpc) is 2.65. The van der Waals surface area contributed by atoms with Crippen LogP contribution in [0.5, 0.6) is 0 Å². The minimum Gasteiger partial charge on any atom is -0.324 e. The Labute approximate surface area is 172 Å². The summed E-state index contributed by atoms with van der Waals surface area (Å²) in [6, 6.07) is 13.2. The molecule has 0 fully saturated rings. The number of nitrogens with one attached hydrogen (secondary N) is 1. The molecule has 2 rings (SSSR count). The zero-order valence-corrected chi connectivity index (χ0v) is 18.1. The number of anilines is 2. The van der Waals surface area contributed by atoms with Crippen LogP contribution in [0.1, 0.15) is 38.7 Å². The third-order valence-electron chi connectivity index (χ3n) is 4.45. The van der Waals surface area contributed by atoms with E-state index in [4.69, 9.17) is 11.6 Å². The average molecular weight is 423 g/mol. The topological polar surface area (TPSA) is 66.5 Å². The highest BCUT2D eigenvalue weighted by Crippen LogP contribution is 2.25. The number of rotatable bonds is 9. The summed E-state index contributed by atoms with van der Waals surface area (Å²) >= 11 is 5.91. The zero-order valence-electron chi connectivity index (χ0n) is 16.5. The van der Waals surface area contributed by atoms with E-state index in [2.05, 4.69) is 12.2 Å². The van der Waals surface area contributed by atoms with E-state index in [1.807, 2.05) is 24.3 Å². The minimum absolute atomic E-state index is 0.329. The highest BCUT2D eigenvalue weighted by atomic mass is 35.5. The lowest BCUT2D eigenvalue weighted by Crippen LogP contribution is -2.46. The van der Waals surface area contributed by atoms with E-state index in [1.165, 1.54) is 5.56 Å². The van der Waals surface area contributed by atoms with Crippen LogP contribution >= 0.6 is 11.6 Å². The summed E-state index contributed by atoms with van der Waals surface area (Å²) < 4.78 is 26.0. The quantitative estimate of drug-likeness (QED) is 0.627. The molecule has 0 radical (unpaired) electrons. The molecule has 28 heavy (non-hydrogen) atoms. The van der Waals surface area contributed by atoms with Crippen molar-refractivity contribution in [3.8, 4) is 0 Å². The number of aryl methyl sites for hydroxylation is 1. The third-order valence-corrected chi connectivity index (χ3v) is 5.88. The molecule has 1 amide bonds. The molecule has 1 unspecified atom stereocenters. The number of benzene rings is 2. The summed E-state index contributed by atoms with van der Waals surface area (Å²) in [7, 11) is -3.67. The Kier molecular flexibility index (Phi) is 7.89. The van der Waals surface area contributed by atoms with Crippen molar-refractivity contribution in [2.75, 3.05) is 15.9 Å². The Morgan fingerprint density at radius 2 is 1.68 bits per heavy atom. The fourth-order valence-corrected chi connectivity index (χ4v) is 4.35. The van der Waals surface area contributed by atoms with Crippen LogP contribution in [0.4, 0.5) is 11.4 Å². The summed E-state index contributed by atoms with van der Waals surface area (Å²) in [6.07, 6.45) is 4.67. The van der Waals surface area contributed by atoms with E-state index in [9.17, 15) is 13.2 Å². The van der Waals surface area contributed by atoms with Gasteiger partial charge in [-0.25, -0.2) is 8.42 Å². The fourth-order valence-electron chi connectivity index (χ4n) is 3.01. The Balaban J connectivity index is 2.23. The monoisotopic (exact) mass is 422 g/mol. The molecular weight excluding hydrogens is 396 g/mol. The molecular formula is C21H27ClN2O3S. The van der Waals surface area contributed by atoms with Gasteiger partial charge in [-0.1, -0.05) is 44.0 Å². The van der Waals surface area contributed by atoms with Gasteiger partial charge in [0.05, 0.1) is 11.9 Å². The van der Waals surface area contributed by atoms with Gasteiger partial charge in [0.15, 0.2) is 0 Å². The normalized spacial score (nSPS) is 12.4. The lowest BCUT2D eigenvalue weighted by atomic mass is 10.1. The van der Waals surface area contributed by atoms with Gasteiger partial charge in [-0.2, -0.15) is 0 Å². The van der Waals surface area contributed by atoms with E-state index in [-0.39, 0.29) is 5.91 Å². The number of carbonyl (C=O) groups excluding carboxylic acids is 1. The number of amides is 1. The number of sulfonamides is 1. The summed E-state index contributed by atoms with van der Waals surface area (Å²) in [5.74, 6) is -0.371. The predicted molar refractivity (Wildman–Crippen MR) is 117 cm³/mol. The maximum atomic E-state index is 12.9. The number of hydrogen-bond acceptors (Lipinski definition) is 3. The SMILES string of the molecule is CCCCc1ccc(NC(=O)C(CC)N(c2ccc(Cl)cc2)S(C)(=O)=O)cc1. The second-order valence-electron chi connectivity index (χ2n) is 6.75. The molecule has 0 spiro atoms. The van der Waals surface area contributed by atoms with Crippen molar-refractivity contribution in [3.05, 3.63) is 59.1 Å². The first-order chi connectivity index (χ1) is 13.3. The van der Waals surface area contributed by atoms with Crippen LogP contribution in [0.3, 0.4) is 0 Å². The van der Waals surface area contributed by atoms with Gasteiger partial charge in [-0.05, 0) is 61.2 Å². The highest BCUT2D eigenvalue weighted by Gasteiger charge is 2.31. The molecule has 0 aromatic heterocycles. The largest absolute Gasteiger partial charge is 0.324 e. The molecule has 152 valence electrons. The molecule has 2 aromatic carbocycles. The van der Waals surface area contributed by atoms with Gasteiger partial charge in [0.1, 0.15) is 6.04 Å².